The average molecular weight is 518 g/mol. The molecule has 3 heterocycles. The second-order valence-electron chi connectivity index (χ2n) is 9.35. The van der Waals surface area contributed by atoms with Crippen molar-refractivity contribution in [3.05, 3.63) is 77.9 Å². The number of morpholine rings is 1. The maximum atomic E-state index is 14.3. The van der Waals surface area contributed by atoms with Crippen LogP contribution in [0.1, 0.15) is 18.1 Å². The fourth-order valence-corrected chi connectivity index (χ4v) is 5.56. The van der Waals surface area contributed by atoms with Crippen LogP contribution in [0.25, 0.3) is 5.76 Å². The van der Waals surface area contributed by atoms with Crippen molar-refractivity contribution in [3.8, 4) is 5.75 Å². The van der Waals surface area contributed by atoms with Crippen molar-refractivity contribution in [2.45, 2.75) is 12.5 Å². The van der Waals surface area contributed by atoms with E-state index in [1.165, 1.54) is 9.80 Å². The predicted octanol–water partition coefficient (Wildman–Crippen LogP) is 2.53. The van der Waals surface area contributed by atoms with E-state index in [1.54, 1.807) is 54.6 Å². The van der Waals surface area contributed by atoms with Gasteiger partial charge in [0, 0.05) is 43.9 Å². The third-order valence-corrected chi connectivity index (χ3v) is 7.30. The number of para-hydroxylation sites is 1. The highest BCUT2D eigenvalue weighted by atomic mass is 16.5. The highest BCUT2D eigenvalue weighted by Gasteiger charge is 2.66. The van der Waals surface area contributed by atoms with Gasteiger partial charge in [-0.1, -0.05) is 24.3 Å². The topological polar surface area (TPSA) is 99.6 Å². The van der Waals surface area contributed by atoms with Gasteiger partial charge in [0.2, 0.25) is 0 Å². The molecule has 1 unspecified atom stereocenters. The van der Waals surface area contributed by atoms with Gasteiger partial charge in [0.25, 0.3) is 17.6 Å². The predicted molar refractivity (Wildman–Crippen MR) is 142 cm³/mol. The number of aliphatic hydroxyl groups is 1. The van der Waals surface area contributed by atoms with E-state index in [0.717, 1.165) is 0 Å². The number of anilines is 1. The number of aliphatic hydroxyl groups excluding tert-OH is 1. The van der Waals surface area contributed by atoms with Gasteiger partial charge in [-0.05, 0) is 37.3 Å². The fourth-order valence-electron chi connectivity index (χ4n) is 5.56. The lowest BCUT2D eigenvalue weighted by atomic mass is 9.82. The third-order valence-electron chi connectivity index (χ3n) is 7.30. The summed E-state index contributed by atoms with van der Waals surface area (Å²) in [7, 11) is 0. The second-order valence-corrected chi connectivity index (χ2v) is 9.35. The molecule has 2 fully saturated rings. The number of fused-ring (bicyclic) bond motifs is 2. The van der Waals surface area contributed by atoms with Crippen molar-refractivity contribution >= 4 is 29.0 Å². The Hall–Kier alpha value is -3.95. The second kappa shape index (κ2) is 10.4. The molecule has 0 aliphatic carbocycles. The van der Waals surface area contributed by atoms with Gasteiger partial charge in [-0.15, -0.1) is 6.58 Å². The molecule has 198 valence electrons. The Bertz CT molecular complexity index is 1300. The summed E-state index contributed by atoms with van der Waals surface area (Å²) in [6.45, 7) is 9.45. The molecular formula is C29H31N3O6. The molecule has 9 nitrogen and oxygen atoms in total. The molecule has 1 atom stereocenters. The van der Waals surface area contributed by atoms with Gasteiger partial charge in [0.15, 0.2) is 5.54 Å². The minimum absolute atomic E-state index is 0.132. The van der Waals surface area contributed by atoms with E-state index in [4.69, 9.17) is 9.47 Å². The molecule has 38 heavy (non-hydrogen) atoms. The van der Waals surface area contributed by atoms with Gasteiger partial charge in [-0.3, -0.25) is 19.3 Å². The number of nitrogens with zero attached hydrogens (tertiary/aromatic N) is 3. The van der Waals surface area contributed by atoms with E-state index >= 15 is 0 Å². The monoisotopic (exact) mass is 517 g/mol. The molecule has 3 aliphatic heterocycles. The van der Waals surface area contributed by atoms with Crippen molar-refractivity contribution in [2.75, 3.05) is 57.4 Å². The standard InChI is InChI=1S/C29H31N3O6/c1-3-13-31-23-8-6-5-7-22(23)29(28(31)36)24(25(33)20-9-11-21(12-10-20)38-4-2)26(34)27(35)32(29)15-14-30-16-18-37-19-17-30/h3,5-12,33H,1,4,13-19H2,2H3. The van der Waals surface area contributed by atoms with Crippen LogP contribution in [0.15, 0.2) is 66.8 Å². The first-order valence-corrected chi connectivity index (χ1v) is 12.8. The molecule has 2 amide bonds. The number of rotatable bonds is 8. The first-order valence-electron chi connectivity index (χ1n) is 12.8. The molecule has 2 aromatic rings. The maximum Gasteiger partial charge on any atom is 0.296 e. The number of Topliss-reactive ketones (excluding diaryl/α,β-unsaturated/α-hetero) is 1. The Morgan fingerprint density at radius 1 is 1.08 bits per heavy atom. The lowest BCUT2D eigenvalue weighted by molar-refractivity contribution is -0.144. The Morgan fingerprint density at radius 2 is 1.79 bits per heavy atom. The molecule has 3 aliphatic rings. The molecule has 2 aromatic carbocycles. The van der Waals surface area contributed by atoms with Crippen LogP contribution in [-0.4, -0.2) is 85.0 Å². The summed E-state index contributed by atoms with van der Waals surface area (Å²) < 4.78 is 10.9. The summed E-state index contributed by atoms with van der Waals surface area (Å²) in [4.78, 5) is 46.6. The van der Waals surface area contributed by atoms with E-state index in [-0.39, 0.29) is 18.7 Å². The van der Waals surface area contributed by atoms with Crippen molar-refractivity contribution in [1.29, 1.82) is 0 Å². The number of carbonyl (C=O) groups excluding carboxylic acids is 3. The number of carbonyl (C=O) groups is 3. The SMILES string of the molecule is C=CCN1C(=O)C2(C(=C(O)c3ccc(OCC)cc3)C(=O)C(=O)N2CCN2CCOCC2)c2ccccc21. The van der Waals surface area contributed by atoms with Gasteiger partial charge in [0.1, 0.15) is 11.5 Å². The van der Waals surface area contributed by atoms with Crippen LogP contribution in [0.3, 0.4) is 0 Å². The van der Waals surface area contributed by atoms with Crippen LogP contribution in [0.5, 0.6) is 5.75 Å². The number of hydrogen-bond acceptors (Lipinski definition) is 7. The van der Waals surface area contributed by atoms with Gasteiger partial charge in [-0.2, -0.15) is 0 Å². The zero-order valence-electron chi connectivity index (χ0n) is 21.4. The smallest absolute Gasteiger partial charge is 0.296 e. The minimum atomic E-state index is -1.79. The van der Waals surface area contributed by atoms with Crippen molar-refractivity contribution < 1.29 is 29.0 Å². The molecule has 0 radical (unpaired) electrons. The highest BCUT2D eigenvalue weighted by Crippen LogP contribution is 2.53. The summed E-state index contributed by atoms with van der Waals surface area (Å²) in [6, 6.07) is 13.7. The highest BCUT2D eigenvalue weighted by molar-refractivity contribution is 6.50. The number of likely N-dealkylation sites (tertiary alicyclic amines) is 1. The van der Waals surface area contributed by atoms with Crippen molar-refractivity contribution in [1.82, 2.24) is 9.80 Å². The normalized spacial score (nSPS) is 22.8. The van der Waals surface area contributed by atoms with Crippen molar-refractivity contribution in [2.24, 2.45) is 0 Å². The first kappa shape index (κ1) is 25.7. The largest absolute Gasteiger partial charge is 0.507 e. The van der Waals surface area contributed by atoms with Crippen LogP contribution in [0.2, 0.25) is 0 Å². The number of amides is 2. The van der Waals surface area contributed by atoms with E-state index < -0.39 is 28.9 Å². The zero-order chi connectivity index (χ0) is 26.9. The molecule has 5 rings (SSSR count). The Morgan fingerprint density at radius 3 is 2.47 bits per heavy atom. The zero-order valence-corrected chi connectivity index (χ0v) is 21.4. The molecule has 9 heteroatoms. The molecular weight excluding hydrogens is 486 g/mol. The van der Waals surface area contributed by atoms with Crippen LogP contribution in [0, 0.1) is 0 Å². The fraction of sp³-hybridized carbons (Fsp3) is 0.345. The molecule has 2 saturated heterocycles. The summed E-state index contributed by atoms with van der Waals surface area (Å²) >= 11 is 0. The van der Waals surface area contributed by atoms with Gasteiger partial charge >= 0.3 is 0 Å². The molecule has 1 spiro atoms. The van der Waals surface area contributed by atoms with Crippen LogP contribution in [-0.2, 0) is 24.7 Å². The Labute approximate surface area is 221 Å². The molecule has 0 saturated carbocycles. The van der Waals surface area contributed by atoms with E-state index in [2.05, 4.69) is 11.5 Å². The van der Waals surface area contributed by atoms with E-state index in [9.17, 15) is 19.5 Å². The Balaban J connectivity index is 1.68. The van der Waals surface area contributed by atoms with Crippen molar-refractivity contribution in [3.63, 3.8) is 0 Å². The summed E-state index contributed by atoms with van der Waals surface area (Å²) in [5.74, 6) is -1.96. The first-order chi connectivity index (χ1) is 18.4. The molecule has 0 aromatic heterocycles. The molecule has 0 bridgehead atoms. The lowest BCUT2D eigenvalue weighted by Gasteiger charge is -2.36. The summed E-state index contributed by atoms with van der Waals surface area (Å²) in [5, 5.41) is 11.6. The van der Waals surface area contributed by atoms with Crippen LogP contribution >= 0.6 is 0 Å². The van der Waals surface area contributed by atoms with Crippen LogP contribution < -0.4 is 9.64 Å². The number of benzene rings is 2. The Kier molecular flexibility index (Phi) is 7.05. The quantitative estimate of drug-likeness (QED) is 0.249. The average Bonchev–Trinajstić information content (AvgIpc) is 3.31. The number of hydrogen-bond donors (Lipinski definition) is 1. The van der Waals surface area contributed by atoms with Crippen LogP contribution in [0.4, 0.5) is 5.69 Å². The van der Waals surface area contributed by atoms with E-state index in [1.807, 2.05) is 6.92 Å². The maximum absolute atomic E-state index is 14.3. The van der Waals surface area contributed by atoms with Gasteiger partial charge < -0.3 is 24.4 Å². The van der Waals surface area contributed by atoms with Gasteiger partial charge in [-0.25, -0.2) is 0 Å². The summed E-state index contributed by atoms with van der Waals surface area (Å²) in [5.41, 5.74) is -0.638. The number of ketones is 1. The number of ether oxygens (including phenoxy) is 2. The minimum Gasteiger partial charge on any atom is -0.507 e. The summed E-state index contributed by atoms with van der Waals surface area (Å²) in [6.07, 6.45) is 1.60. The van der Waals surface area contributed by atoms with Gasteiger partial charge in [0.05, 0.1) is 31.1 Å². The van der Waals surface area contributed by atoms with E-state index in [0.29, 0.717) is 62.0 Å². The third kappa shape index (κ3) is 3.99. The molecule has 1 N–H and O–H groups in total. The lowest BCUT2D eigenvalue weighted by Crippen LogP contribution is -2.54.